The molecule has 308 valence electrons. The van der Waals surface area contributed by atoms with E-state index in [0.717, 1.165) is 8.95 Å². The molecule has 0 saturated heterocycles. The lowest BCUT2D eigenvalue weighted by molar-refractivity contribution is 0.659. The van der Waals surface area contributed by atoms with Crippen LogP contribution in [0.3, 0.4) is 0 Å². The number of rotatable bonds is 3. The Balaban J connectivity index is 0.000000124. The van der Waals surface area contributed by atoms with E-state index in [1.54, 1.807) is 0 Å². The molecule has 2 heterocycles. The maximum absolute atomic E-state index is 3.65. The second-order valence-electron chi connectivity index (χ2n) is 17.5. The average molecular weight is 1060 g/mol. The van der Waals surface area contributed by atoms with Crippen LogP contribution in [0.5, 0.6) is 0 Å². The lowest BCUT2D eigenvalue weighted by Crippen LogP contribution is -2.15. The van der Waals surface area contributed by atoms with Crippen LogP contribution in [0.15, 0.2) is 203 Å². The Hall–Kier alpha value is -5.47. The number of fused-ring (bicyclic) bond motifs is 8. The summed E-state index contributed by atoms with van der Waals surface area (Å²) in [4.78, 5) is 3.20. The smallest absolute Gasteiger partial charge is 0.0528 e. The maximum Gasteiger partial charge on any atom is 0.0528 e. The molecule has 2 aromatic heterocycles. The first-order valence-corrected chi connectivity index (χ1v) is 24.0. The SMILES string of the molecule is CC1(C)c2cc(Br)ccc2-c2ccc(-n3ccc4cc(-c5ccccc5)ccc43)cc21.CC1(C)c2cc(Br)ccc2-c2ccc(I)cc21.c1ccc(-c2ccc3[nH]ccc3c2)cc1. The number of hydrogen-bond donors (Lipinski definition) is 1. The van der Waals surface area contributed by atoms with Gasteiger partial charge in [-0.3, -0.25) is 0 Å². The highest BCUT2D eigenvalue weighted by molar-refractivity contribution is 14.1. The van der Waals surface area contributed by atoms with Crippen LogP contribution in [0.4, 0.5) is 0 Å². The number of hydrogen-bond acceptors (Lipinski definition) is 0. The van der Waals surface area contributed by atoms with Gasteiger partial charge in [-0.25, -0.2) is 0 Å². The molecule has 5 heteroatoms. The maximum atomic E-state index is 3.65. The zero-order valence-electron chi connectivity index (χ0n) is 35.6. The predicted octanol–water partition coefficient (Wildman–Crippen LogP) is 17.6. The first-order valence-electron chi connectivity index (χ1n) is 21.3. The van der Waals surface area contributed by atoms with Gasteiger partial charge in [0, 0.05) is 52.3 Å². The van der Waals surface area contributed by atoms with Crippen LogP contribution < -0.4 is 0 Å². The number of aromatic amines is 1. The summed E-state index contributed by atoms with van der Waals surface area (Å²) in [5.74, 6) is 0. The van der Waals surface area contributed by atoms with Crippen molar-refractivity contribution in [2.45, 2.75) is 38.5 Å². The second kappa shape index (κ2) is 16.6. The molecule has 0 atom stereocenters. The van der Waals surface area contributed by atoms with Gasteiger partial charge in [0.2, 0.25) is 0 Å². The molecular formula is C58H45Br2IN2. The van der Waals surface area contributed by atoms with Crippen LogP contribution in [-0.4, -0.2) is 9.55 Å². The quantitative estimate of drug-likeness (QED) is 0.170. The number of aromatic nitrogens is 2. The van der Waals surface area contributed by atoms with Gasteiger partial charge in [-0.05, 0) is 180 Å². The van der Waals surface area contributed by atoms with Crippen LogP contribution in [0.2, 0.25) is 0 Å². The second-order valence-corrected chi connectivity index (χ2v) is 20.6. The zero-order valence-corrected chi connectivity index (χ0v) is 40.9. The standard InChI is InChI=1S/C29H22BrN.C15H12BrI.C14H11N/c1-29(2)26-17-22(30)9-11-24(26)25-12-10-23(18-27(25)29)31-15-14-21-16-20(8-13-28(21)31)19-6-4-3-5-7-19;1-15(2)13-7-9(16)3-5-11(13)12-6-4-10(17)8-14(12)15;1-2-4-11(5-3-1)12-6-7-14-13(10-12)8-9-15-14/h3-18H,1-2H3;3-8H,1-2H3;1-10,15H. The first-order chi connectivity index (χ1) is 30.5. The van der Waals surface area contributed by atoms with E-state index in [4.69, 9.17) is 0 Å². The van der Waals surface area contributed by atoms with Crippen LogP contribution in [0.25, 0.3) is 72.0 Å². The normalized spacial score (nSPS) is 13.6. The van der Waals surface area contributed by atoms with Gasteiger partial charge in [-0.15, -0.1) is 0 Å². The van der Waals surface area contributed by atoms with Crippen LogP contribution in [-0.2, 0) is 10.8 Å². The van der Waals surface area contributed by atoms with Crippen molar-refractivity contribution in [3.63, 3.8) is 0 Å². The number of benzene rings is 8. The van der Waals surface area contributed by atoms with E-state index < -0.39 is 0 Å². The Morgan fingerprint density at radius 1 is 0.444 bits per heavy atom. The van der Waals surface area contributed by atoms with Crippen molar-refractivity contribution < 1.29 is 0 Å². The van der Waals surface area contributed by atoms with Crippen LogP contribution >= 0.6 is 54.5 Å². The van der Waals surface area contributed by atoms with Gasteiger partial charge in [-0.2, -0.15) is 0 Å². The lowest BCUT2D eigenvalue weighted by Gasteiger charge is -2.22. The molecule has 0 amide bonds. The minimum absolute atomic E-state index is 0.0199. The van der Waals surface area contributed by atoms with Crippen LogP contribution in [0, 0.1) is 3.57 Å². The molecule has 2 aliphatic rings. The minimum atomic E-state index is -0.0199. The van der Waals surface area contributed by atoms with E-state index in [-0.39, 0.29) is 10.8 Å². The molecule has 63 heavy (non-hydrogen) atoms. The van der Waals surface area contributed by atoms with E-state index in [1.807, 2.05) is 12.3 Å². The van der Waals surface area contributed by atoms with Crippen molar-refractivity contribution in [1.29, 1.82) is 0 Å². The van der Waals surface area contributed by atoms with Gasteiger partial charge in [-0.1, -0.05) is 157 Å². The van der Waals surface area contributed by atoms with E-state index in [2.05, 4.69) is 274 Å². The van der Waals surface area contributed by atoms with Gasteiger partial charge in [0.25, 0.3) is 0 Å². The number of nitrogens with zero attached hydrogens (tertiary/aromatic N) is 1. The molecule has 2 aliphatic carbocycles. The van der Waals surface area contributed by atoms with Crippen molar-refractivity contribution in [1.82, 2.24) is 9.55 Å². The van der Waals surface area contributed by atoms with Crippen molar-refractivity contribution >= 4 is 76.3 Å². The zero-order chi connectivity index (χ0) is 43.5. The Kier molecular flexibility index (Phi) is 10.9. The minimum Gasteiger partial charge on any atom is -0.361 e. The molecule has 0 bridgehead atoms. The van der Waals surface area contributed by atoms with Gasteiger partial charge >= 0.3 is 0 Å². The molecule has 1 N–H and O–H groups in total. The van der Waals surface area contributed by atoms with Gasteiger partial charge in [0.1, 0.15) is 0 Å². The molecule has 2 nitrogen and oxygen atoms in total. The average Bonchev–Trinajstić information content (AvgIpc) is 4.05. The number of nitrogens with one attached hydrogen (secondary N) is 1. The number of halogens is 3. The molecule has 10 aromatic rings. The topological polar surface area (TPSA) is 20.7 Å². The number of H-pyrrole nitrogens is 1. The van der Waals surface area contributed by atoms with Crippen molar-refractivity contribution in [2.75, 3.05) is 0 Å². The summed E-state index contributed by atoms with van der Waals surface area (Å²) in [5, 5.41) is 2.52. The van der Waals surface area contributed by atoms with E-state index in [0.29, 0.717) is 0 Å². The summed E-state index contributed by atoms with van der Waals surface area (Å²) < 4.78 is 5.91. The predicted molar refractivity (Wildman–Crippen MR) is 282 cm³/mol. The summed E-state index contributed by atoms with van der Waals surface area (Å²) in [5.41, 5.74) is 19.9. The van der Waals surface area contributed by atoms with Crippen molar-refractivity contribution in [3.8, 4) is 50.2 Å². The fourth-order valence-corrected chi connectivity index (χ4v) is 10.8. The highest BCUT2D eigenvalue weighted by atomic mass is 127. The van der Waals surface area contributed by atoms with Crippen molar-refractivity contribution in [3.05, 3.63) is 229 Å². The Bertz CT molecular complexity index is 3270. The fourth-order valence-electron chi connectivity index (χ4n) is 9.57. The van der Waals surface area contributed by atoms with E-state index >= 15 is 0 Å². The molecule has 0 unspecified atom stereocenters. The third-order valence-electron chi connectivity index (χ3n) is 13.0. The molecule has 0 aliphatic heterocycles. The molecule has 0 spiro atoms. The first kappa shape index (κ1) is 41.5. The molecule has 0 radical (unpaired) electrons. The third kappa shape index (κ3) is 7.72. The molecule has 0 saturated carbocycles. The Labute approximate surface area is 400 Å². The Morgan fingerprint density at radius 3 is 1.56 bits per heavy atom. The summed E-state index contributed by atoms with van der Waals surface area (Å²) in [6.07, 6.45) is 4.16. The Morgan fingerprint density at radius 2 is 0.952 bits per heavy atom. The van der Waals surface area contributed by atoms with Gasteiger partial charge < -0.3 is 9.55 Å². The summed E-state index contributed by atoms with van der Waals surface area (Å²) in [6.45, 7) is 9.27. The molecule has 12 rings (SSSR count). The monoisotopic (exact) mass is 1050 g/mol. The summed E-state index contributed by atoms with van der Waals surface area (Å²) in [6, 6.07) is 65.4. The van der Waals surface area contributed by atoms with E-state index in [9.17, 15) is 0 Å². The van der Waals surface area contributed by atoms with E-state index in [1.165, 1.54) is 97.8 Å². The third-order valence-corrected chi connectivity index (χ3v) is 14.6. The lowest BCUT2D eigenvalue weighted by atomic mass is 9.82. The highest BCUT2D eigenvalue weighted by Gasteiger charge is 2.36. The largest absolute Gasteiger partial charge is 0.361 e. The fraction of sp³-hybridized carbons (Fsp3) is 0.103. The van der Waals surface area contributed by atoms with Crippen LogP contribution in [0.1, 0.15) is 49.9 Å². The van der Waals surface area contributed by atoms with Crippen molar-refractivity contribution in [2.24, 2.45) is 0 Å². The van der Waals surface area contributed by atoms with Gasteiger partial charge in [0.05, 0.1) is 5.52 Å². The molecular weight excluding hydrogens is 1010 g/mol. The molecule has 8 aromatic carbocycles. The summed E-state index contributed by atoms with van der Waals surface area (Å²) in [7, 11) is 0. The summed E-state index contributed by atoms with van der Waals surface area (Å²) >= 11 is 9.61. The van der Waals surface area contributed by atoms with Gasteiger partial charge in [0.15, 0.2) is 0 Å². The highest BCUT2D eigenvalue weighted by Crippen LogP contribution is 2.51. The molecule has 0 fully saturated rings.